The highest BCUT2D eigenvalue weighted by Gasteiger charge is 2.47. The summed E-state index contributed by atoms with van der Waals surface area (Å²) in [4.78, 5) is 39.9. The molecule has 2 aromatic rings. The van der Waals surface area contributed by atoms with Crippen molar-refractivity contribution in [3.05, 3.63) is 69.4 Å². The average Bonchev–Trinajstić information content (AvgIpc) is 2.65. The summed E-state index contributed by atoms with van der Waals surface area (Å²) >= 11 is 0. The molecule has 2 heterocycles. The lowest BCUT2D eigenvalue weighted by molar-refractivity contribution is -0.143. The molecule has 162 valence electrons. The molecule has 0 saturated heterocycles. The molecule has 31 heavy (non-hydrogen) atoms. The highest BCUT2D eigenvalue weighted by Crippen LogP contribution is 2.46. The van der Waals surface area contributed by atoms with Crippen LogP contribution in [0.2, 0.25) is 0 Å². The van der Waals surface area contributed by atoms with E-state index in [4.69, 9.17) is 9.15 Å². The second kappa shape index (κ2) is 7.52. The third-order valence-corrected chi connectivity index (χ3v) is 5.84. The summed E-state index contributed by atoms with van der Waals surface area (Å²) in [7, 11) is 0. The Labute approximate surface area is 181 Å². The van der Waals surface area contributed by atoms with E-state index in [0.717, 1.165) is 5.70 Å². The normalized spacial score (nSPS) is 22.8. The summed E-state index contributed by atoms with van der Waals surface area (Å²) < 4.78 is 11.2. The topological polar surface area (TPSA) is 85.6 Å². The number of hydrogen-bond donors (Lipinski definition) is 1. The fourth-order valence-electron chi connectivity index (χ4n) is 4.66. The van der Waals surface area contributed by atoms with Crippen LogP contribution in [0.4, 0.5) is 0 Å². The van der Waals surface area contributed by atoms with Crippen LogP contribution in [0.3, 0.4) is 0 Å². The van der Waals surface area contributed by atoms with Gasteiger partial charge in [0.05, 0.1) is 29.2 Å². The van der Waals surface area contributed by atoms with Gasteiger partial charge in [0.25, 0.3) is 0 Å². The zero-order chi connectivity index (χ0) is 22.5. The Hall–Kier alpha value is -3.15. The van der Waals surface area contributed by atoms with Crippen molar-refractivity contribution in [1.82, 2.24) is 5.32 Å². The number of fused-ring (bicyclic) bond motifs is 2. The van der Waals surface area contributed by atoms with Crippen LogP contribution in [-0.4, -0.2) is 17.9 Å². The average molecular weight is 421 g/mol. The predicted molar refractivity (Wildman–Crippen MR) is 117 cm³/mol. The fourth-order valence-corrected chi connectivity index (χ4v) is 4.66. The van der Waals surface area contributed by atoms with Gasteiger partial charge < -0.3 is 14.5 Å². The molecule has 0 saturated carbocycles. The SMILES string of the molecule is CC1=C(C(=O)OC(C)C)C(c2coc3ccccc3c2=O)C2C(=O)CC(C)(C)C=C2N1. The van der Waals surface area contributed by atoms with Crippen molar-refractivity contribution in [3.8, 4) is 0 Å². The zero-order valence-electron chi connectivity index (χ0n) is 18.4. The molecule has 1 aromatic carbocycles. The first-order valence-corrected chi connectivity index (χ1v) is 10.5. The van der Waals surface area contributed by atoms with Crippen LogP contribution in [0, 0.1) is 11.3 Å². The summed E-state index contributed by atoms with van der Waals surface area (Å²) in [5.74, 6) is -2.00. The summed E-state index contributed by atoms with van der Waals surface area (Å²) in [5.41, 5.74) is 1.79. The third kappa shape index (κ3) is 3.71. The molecule has 1 aromatic heterocycles. The van der Waals surface area contributed by atoms with Crippen LogP contribution in [0.25, 0.3) is 11.0 Å². The van der Waals surface area contributed by atoms with Crippen LogP contribution < -0.4 is 10.7 Å². The van der Waals surface area contributed by atoms with Gasteiger partial charge in [0.2, 0.25) is 0 Å². The van der Waals surface area contributed by atoms with Crippen LogP contribution in [0.15, 0.2) is 62.8 Å². The Morgan fingerprint density at radius 2 is 1.90 bits per heavy atom. The van der Waals surface area contributed by atoms with Gasteiger partial charge in [0.15, 0.2) is 5.43 Å². The molecule has 2 aliphatic rings. The van der Waals surface area contributed by atoms with Crippen molar-refractivity contribution in [3.63, 3.8) is 0 Å². The van der Waals surface area contributed by atoms with E-state index in [1.165, 1.54) is 6.26 Å². The van der Waals surface area contributed by atoms with E-state index in [1.807, 2.05) is 19.9 Å². The summed E-state index contributed by atoms with van der Waals surface area (Å²) in [6.45, 7) is 9.30. The van der Waals surface area contributed by atoms with Gasteiger partial charge in [-0.25, -0.2) is 4.79 Å². The van der Waals surface area contributed by atoms with E-state index in [-0.39, 0.29) is 22.7 Å². The smallest absolute Gasteiger partial charge is 0.336 e. The van der Waals surface area contributed by atoms with Gasteiger partial charge in [-0.3, -0.25) is 9.59 Å². The van der Waals surface area contributed by atoms with E-state index in [9.17, 15) is 14.4 Å². The van der Waals surface area contributed by atoms with Crippen molar-refractivity contribution in [1.29, 1.82) is 0 Å². The molecule has 1 aliphatic heterocycles. The number of ketones is 1. The minimum absolute atomic E-state index is 0.0186. The summed E-state index contributed by atoms with van der Waals surface area (Å²) in [6, 6.07) is 6.97. The molecular weight excluding hydrogens is 394 g/mol. The number of rotatable bonds is 3. The molecule has 0 spiro atoms. The maximum atomic E-state index is 13.4. The van der Waals surface area contributed by atoms with Gasteiger partial charge in [0, 0.05) is 29.3 Å². The van der Waals surface area contributed by atoms with Crippen LogP contribution in [0.1, 0.15) is 52.5 Å². The summed E-state index contributed by atoms with van der Waals surface area (Å²) in [5, 5.41) is 3.67. The molecule has 0 fully saturated rings. The molecular formula is C25H27NO5. The van der Waals surface area contributed by atoms with E-state index in [1.54, 1.807) is 45.0 Å². The second-order valence-electron chi connectivity index (χ2n) is 9.32. The van der Waals surface area contributed by atoms with E-state index in [0.29, 0.717) is 34.2 Å². The quantitative estimate of drug-likeness (QED) is 0.748. The number of ether oxygens (including phenoxy) is 1. The van der Waals surface area contributed by atoms with Crippen LogP contribution in [-0.2, 0) is 14.3 Å². The molecule has 0 amide bonds. The van der Waals surface area contributed by atoms with Gasteiger partial charge in [-0.05, 0) is 38.3 Å². The number of para-hydroxylation sites is 1. The Morgan fingerprint density at radius 1 is 1.19 bits per heavy atom. The van der Waals surface area contributed by atoms with Gasteiger partial charge in [-0.15, -0.1) is 0 Å². The van der Waals surface area contributed by atoms with Crippen molar-refractivity contribution in [2.75, 3.05) is 0 Å². The number of benzene rings is 1. The minimum atomic E-state index is -0.775. The molecule has 1 aliphatic carbocycles. The zero-order valence-corrected chi connectivity index (χ0v) is 18.4. The summed E-state index contributed by atoms with van der Waals surface area (Å²) in [6.07, 6.45) is 3.41. The van der Waals surface area contributed by atoms with Crippen molar-refractivity contribution in [2.24, 2.45) is 11.3 Å². The van der Waals surface area contributed by atoms with Gasteiger partial charge >= 0.3 is 5.97 Å². The number of esters is 1. The lowest BCUT2D eigenvalue weighted by Gasteiger charge is -2.41. The Morgan fingerprint density at radius 3 is 2.61 bits per heavy atom. The molecule has 1 N–H and O–H groups in total. The number of nitrogens with one attached hydrogen (secondary N) is 1. The first-order valence-electron chi connectivity index (χ1n) is 10.5. The highest BCUT2D eigenvalue weighted by molar-refractivity contribution is 5.96. The monoisotopic (exact) mass is 421 g/mol. The number of Topliss-reactive ketones (excluding diaryl/α,β-unsaturated/α-hetero) is 1. The van der Waals surface area contributed by atoms with Crippen molar-refractivity contribution < 1.29 is 18.7 Å². The molecule has 4 rings (SSSR count). The maximum absolute atomic E-state index is 13.4. The van der Waals surface area contributed by atoms with Crippen molar-refractivity contribution >= 4 is 22.7 Å². The Kier molecular flexibility index (Phi) is 5.12. The third-order valence-electron chi connectivity index (χ3n) is 5.84. The largest absolute Gasteiger partial charge is 0.464 e. The highest BCUT2D eigenvalue weighted by atomic mass is 16.5. The Balaban J connectivity index is 1.97. The maximum Gasteiger partial charge on any atom is 0.336 e. The van der Waals surface area contributed by atoms with Crippen LogP contribution in [0.5, 0.6) is 0 Å². The van der Waals surface area contributed by atoms with E-state index < -0.39 is 17.8 Å². The molecule has 0 radical (unpaired) electrons. The number of carbonyl (C=O) groups is 2. The first kappa shape index (κ1) is 21.1. The number of hydrogen-bond acceptors (Lipinski definition) is 6. The van der Waals surface area contributed by atoms with Gasteiger partial charge in [-0.2, -0.15) is 0 Å². The predicted octanol–water partition coefficient (Wildman–Crippen LogP) is 4.20. The molecule has 6 nitrogen and oxygen atoms in total. The lowest BCUT2D eigenvalue weighted by atomic mass is 9.66. The van der Waals surface area contributed by atoms with Crippen LogP contribution >= 0.6 is 0 Å². The molecule has 0 bridgehead atoms. The van der Waals surface area contributed by atoms with E-state index >= 15 is 0 Å². The lowest BCUT2D eigenvalue weighted by Crippen LogP contribution is -2.44. The minimum Gasteiger partial charge on any atom is -0.464 e. The first-order chi connectivity index (χ1) is 14.6. The molecule has 2 unspecified atom stereocenters. The van der Waals surface area contributed by atoms with Gasteiger partial charge in [-0.1, -0.05) is 32.1 Å². The number of allylic oxidation sites excluding steroid dienone is 3. The van der Waals surface area contributed by atoms with E-state index in [2.05, 4.69) is 5.32 Å². The molecule has 6 heteroatoms. The van der Waals surface area contributed by atoms with Crippen molar-refractivity contribution in [2.45, 2.75) is 53.1 Å². The fraction of sp³-hybridized carbons (Fsp3) is 0.400. The second-order valence-corrected chi connectivity index (χ2v) is 9.32. The standard InChI is InChI=1S/C25H27NO5/c1-13(2)31-24(29)20-14(3)26-17-10-25(4,5)11-18(27)22(17)21(20)16-12-30-19-9-7-6-8-15(19)23(16)28/h6-10,12-13,21-22,26H,11H2,1-5H3. The Bertz CT molecular complexity index is 1200. The molecule has 2 atom stereocenters. The van der Waals surface area contributed by atoms with Gasteiger partial charge in [0.1, 0.15) is 11.4 Å². The number of carbonyl (C=O) groups excluding carboxylic acids is 2.